The minimum absolute atomic E-state index is 0.0267. The molecule has 568 valence electrons. The number of allylic oxidation sites excluding steroid dienone is 6. The first-order valence-corrected chi connectivity index (χ1v) is 44.2. The number of esters is 2. The van der Waals surface area contributed by atoms with Gasteiger partial charge in [-0.05, 0) is 70.6 Å². The fourth-order valence-electron chi connectivity index (χ4n) is 13.1. The van der Waals surface area contributed by atoms with Crippen LogP contribution in [0.3, 0.4) is 0 Å². The molecule has 2 atom stereocenters. The van der Waals surface area contributed by atoms with E-state index < -0.39 is 26.5 Å². The highest BCUT2D eigenvalue weighted by atomic mass is 31.2. The predicted molar refractivity (Wildman–Crippen MR) is 416 cm³/mol. The summed E-state index contributed by atoms with van der Waals surface area (Å²) in [5.74, 6) is -0.804. The van der Waals surface area contributed by atoms with E-state index in [1.54, 1.807) is 0 Å². The zero-order valence-electron chi connectivity index (χ0n) is 65.1. The Morgan fingerprint density at radius 1 is 0.323 bits per heavy atom. The summed E-state index contributed by atoms with van der Waals surface area (Å²) >= 11 is 0. The highest BCUT2D eigenvalue weighted by Crippen LogP contribution is 2.38. The summed E-state index contributed by atoms with van der Waals surface area (Å²) in [6.07, 6.45) is 102. The molecule has 0 rings (SSSR count). The molecule has 0 N–H and O–H groups in total. The third-order valence-electron chi connectivity index (χ3n) is 19.6. The Morgan fingerprint density at radius 2 is 0.562 bits per heavy atom. The summed E-state index contributed by atoms with van der Waals surface area (Å²) in [7, 11) is 1.19. The number of phosphoric ester groups is 1. The molecule has 0 spiro atoms. The van der Waals surface area contributed by atoms with Crippen molar-refractivity contribution in [3.05, 3.63) is 36.5 Å². The average molecular weight is 1370 g/mol. The monoisotopic (exact) mass is 1370 g/mol. The van der Waals surface area contributed by atoms with Gasteiger partial charge in [0.05, 0.1) is 27.7 Å². The zero-order valence-corrected chi connectivity index (χ0v) is 66.0. The zero-order chi connectivity index (χ0) is 69.7. The van der Waals surface area contributed by atoms with Gasteiger partial charge in [0.1, 0.15) is 19.8 Å². The summed E-state index contributed by atoms with van der Waals surface area (Å²) in [5, 5.41) is 0. The van der Waals surface area contributed by atoms with Crippen molar-refractivity contribution in [2.75, 3.05) is 47.5 Å². The second-order valence-corrected chi connectivity index (χ2v) is 32.0. The van der Waals surface area contributed by atoms with E-state index in [0.717, 1.165) is 38.5 Å². The van der Waals surface area contributed by atoms with Crippen LogP contribution in [0.5, 0.6) is 0 Å². The fourth-order valence-corrected chi connectivity index (χ4v) is 13.8. The second-order valence-electron chi connectivity index (χ2n) is 30.5. The number of rotatable bonds is 81. The van der Waals surface area contributed by atoms with Crippen molar-refractivity contribution in [3.63, 3.8) is 0 Å². The van der Waals surface area contributed by atoms with Gasteiger partial charge in [0, 0.05) is 12.8 Å². The van der Waals surface area contributed by atoms with Crippen molar-refractivity contribution in [2.24, 2.45) is 0 Å². The summed E-state index contributed by atoms with van der Waals surface area (Å²) < 4.78 is 34.5. The molecule has 0 bridgehead atoms. The van der Waals surface area contributed by atoms with Crippen molar-refractivity contribution in [1.29, 1.82) is 0 Å². The molecule has 96 heavy (non-hydrogen) atoms. The van der Waals surface area contributed by atoms with Crippen molar-refractivity contribution < 1.29 is 42.1 Å². The molecule has 2 unspecified atom stereocenters. The fraction of sp³-hybridized carbons (Fsp3) is 0.907. The number of phosphoric acid groups is 1. The molecule has 0 aliphatic carbocycles. The second kappa shape index (κ2) is 77.4. The largest absolute Gasteiger partial charge is 0.756 e. The number of nitrogens with zero attached hydrogens (tertiary/aromatic N) is 1. The van der Waals surface area contributed by atoms with E-state index in [1.807, 2.05) is 21.1 Å². The molecule has 0 aromatic heterocycles. The number of hydrogen-bond acceptors (Lipinski definition) is 8. The Bertz CT molecular complexity index is 1710. The van der Waals surface area contributed by atoms with Crippen LogP contribution in [0, 0.1) is 0 Å². The molecule has 9 nitrogen and oxygen atoms in total. The van der Waals surface area contributed by atoms with E-state index >= 15 is 0 Å². The third-order valence-corrected chi connectivity index (χ3v) is 20.6. The van der Waals surface area contributed by atoms with Crippen LogP contribution < -0.4 is 4.89 Å². The van der Waals surface area contributed by atoms with E-state index in [4.69, 9.17) is 18.5 Å². The number of unbranched alkanes of at least 4 members (excludes halogenated alkanes) is 61. The maximum Gasteiger partial charge on any atom is 0.306 e. The molecule has 0 saturated heterocycles. The first-order valence-electron chi connectivity index (χ1n) is 42.7. The maximum atomic E-state index is 12.9. The Morgan fingerprint density at radius 3 is 0.833 bits per heavy atom. The van der Waals surface area contributed by atoms with Crippen LogP contribution >= 0.6 is 7.82 Å². The minimum Gasteiger partial charge on any atom is -0.756 e. The molecule has 0 aromatic rings. The molecular formula is C86H166NO8P. The summed E-state index contributed by atoms with van der Waals surface area (Å²) in [5.41, 5.74) is 0. The van der Waals surface area contributed by atoms with E-state index in [9.17, 15) is 19.0 Å². The lowest BCUT2D eigenvalue weighted by Crippen LogP contribution is -2.37. The topological polar surface area (TPSA) is 111 Å². The lowest BCUT2D eigenvalue weighted by molar-refractivity contribution is -0.870. The molecule has 0 saturated carbocycles. The maximum absolute atomic E-state index is 12.9. The molecular weight excluding hydrogens is 1210 g/mol. The van der Waals surface area contributed by atoms with Gasteiger partial charge in [-0.15, -0.1) is 0 Å². The van der Waals surface area contributed by atoms with E-state index in [0.29, 0.717) is 17.4 Å². The van der Waals surface area contributed by atoms with Gasteiger partial charge in [0.2, 0.25) is 0 Å². The Hall–Kier alpha value is -1.77. The highest BCUT2D eigenvalue weighted by Gasteiger charge is 2.22. The van der Waals surface area contributed by atoms with Crippen molar-refractivity contribution >= 4 is 19.8 Å². The Labute approximate surface area is 599 Å². The van der Waals surface area contributed by atoms with Gasteiger partial charge >= 0.3 is 11.9 Å². The third kappa shape index (κ3) is 81.2. The van der Waals surface area contributed by atoms with Crippen molar-refractivity contribution in [3.8, 4) is 0 Å². The van der Waals surface area contributed by atoms with Crippen LogP contribution in [-0.2, 0) is 32.7 Å². The first kappa shape index (κ1) is 94.2. The van der Waals surface area contributed by atoms with Gasteiger partial charge in [0.15, 0.2) is 6.10 Å². The summed E-state index contributed by atoms with van der Waals surface area (Å²) in [4.78, 5) is 38.2. The minimum atomic E-state index is -4.64. The van der Waals surface area contributed by atoms with E-state index in [1.165, 1.54) is 379 Å². The van der Waals surface area contributed by atoms with Gasteiger partial charge in [0.25, 0.3) is 7.82 Å². The van der Waals surface area contributed by atoms with Gasteiger partial charge in [-0.1, -0.05) is 403 Å². The number of carbonyl (C=O) groups is 2. The quantitative estimate of drug-likeness (QED) is 0.0195. The van der Waals surface area contributed by atoms with Gasteiger partial charge < -0.3 is 27.9 Å². The Kier molecular flexibility index (Phi) is 76.0. The number of ether oxygens (including phenoxy) is 2. The number of carbonyl (C=O) groups excluding carboxylic acids is 2. The highest BCUT2D eigenvalue weighted by molar-refractivity contribution is 7.45. The van der Waals surface area contributed by atoms with Gasteiger partial charge in [-0.2, -0.15) is 0 Å². The molecule has 0 aliphatic rings. The average Bonchev–Trinajstić information content (AvgIpc) is 2.72. The van der Waals surface area contributed by atoms with Crippen LogP contribution in [0.1, 0.15) is 450 Å². The molecule has 10 heteroatoms. The molecule has 0 aromatic carbocycles. The molecule has 0 amide bonds. The van der Waals surface area contributed by atoms with Crippen LogP contribution in [0.15, 0.2) is 36.5 Å². The van der Waals surface area contributed by atoms with Crippen molar-refractivity contribution in [2.45, 2.75) is 457 Å². The summed E-state index contributed by atoms with van der Waals surface area (Å²) in [6.45, 7) is 4.32. The van der Waals surface area contributed by atoms with Crippen LogP contribution in [0.2, 0.25) is 0 Å². The summed E-state index contributed by atoms with van der Waals surface area (Å²) in [6, 6.07) is 0. The first-order chi connectivity index (χ1) is 47.0. The van der Waals surface area contributed by atoms with Crippen LogP contribution in [-0.4, -0.2) is 70.0 Å². The Balaban J connectivity index is 3.87. The molecule has 0 radical (unpaired) electrons. The van der Waals surface area contributed by atoms with Crippen molar-refractivity contribution in [1.82, 2.24) is 0 Å². The lowest BCUT2D eigenvalue weighted by atomic mass is 10.0. The number of likely N-dealkylation sites (N-methyl/N-ethyl adjacent to an activating group) is 1. The normalized spacial score (nSPS) is 13.1. The smallest absolute Gasteiger partial charge is 0.306 e. The molecule has 0 heterocycles. The van der Waals surface area contributed by atoms with Gasteiger partial charge in [-0.25, -0.2) is 0 Å². The predicted octanol–water partition coefficient (Wildman–Crippen LogP) is 27.9. The van der Waals surface area contributed by atoms with Crippen LogP contribution in [0.4, 0.5) is 0 Å². The molecule has 0 aliphatic heterocycles. The van der Waals surface area contributed by atoms with E-state index in [-0.39, 0.29) is 32.0 Å². The SMILES string of the molecule is CCCCCCC/C=C\C/C=C\CCCCCCCCCCCCCCCCCCCCCCCCCCCC(=O)OC(COC(=O)CCCCCCCCCCCCCCCCCCCCCCCCC/C=C\CCCCCCCCCC)COP(=O)([O-])OCC[N+](C)(C)C. The van der Waals surface area contributed by atoms with Gasteiger partial charge in [-0.3, -0.25) is 14.2 Å². The number of hydrogen-bond donors (Lipinski definition) is 0. The van der Waals surface area contributed by atoms with Crippen LogP contribution in [0.25, 0.3) is 0 Å². The van der Waals surface area contributed by atoms with E-state index in [2.05, 4.69) is 50.3 Å². The lowest BCUT2D eigenvalue weighted by Gasteiger charge is -2.28. The standard InChI is InChI=1S/C86H166NO8P/c1-6-8-10-12-14-16-18-20-22-24-26-28-30-32-34-36-38-40-42-43-45-47-49-51-53-55-57-59-61-63-65-67-69-71-73-75-77-79-86(89)95-84(83-94-96(90,91)93-81-80-87(3,4)5)82-92-85(88)78-76-74-72-70-68-66-64-62-60-58-56-54-52-50-48-46-44-41-39-37-35-33-31-29-27-25-23-21-19-17-15-13-11-9-7-2/h18,20,24-27,84H,6-17,19,21-23,28-83H2,1-5H3/b20-18-,26-24-,27-25-. The number of quaternary nitrogens is 1. The molecule has 0 fully saturated rings.